The number of hydrogen-bond acceptors (Lipinski definition) is 5. The summed E-state index contributed by atoms with van der Waals surface area (Å²) in [6.45, 7) is 2.92. The molecule has 1 aliphatic heterocycles. The number of aromatic nitrogens is 2. The maximum Gasteiger partial charge on any atom is 0.308 e. The number of sulfonamides is 1. The highest BCUT2D eigenvalue weighted by Gasteiger charge is 2.30. The van der Waals surface area contributed by atoms with Crippen molar-refractivity contribution in [2.24, 2.45) is 5.92 Å². The lowest BCUT2D eigenvalue weighted by Gasteiger charge is -2.22. The molecule has 1 saturated heterocycles. The minimum atomic E-state index is -3.82. The summed E-state index contributed by atoms with van der Waals surface area (Å²) in [6, 6.07) is 11.5. The summed E-state index contributed by atoms with van der Waals surface area (Å²) < 4.78 is 31.3. The van der Waals surface area contributed by atoms with Crippen molar-refractivity contribution in [3.05, 3.63) is 48.3 Å². The maximum atomic E-state index is 13.3. The molecule has 2 heterocycles. The van der Waals surface area contributed by atoms with Crippen LogP contribution in [0.25, 0.3) is 10.8 Å². The van der Waals surface area contributed by atoms with Crippen LogP contribution in [0.1, 0.15) is 43.8 Å². The summed E-state index contributed by atoms with van der Waals surface area (Å²) in [5, 5.41) is 15.4. The van der Waals surface area contributed by atoms with Gasteiger partial charge in [0.2, 0.25) is 0 Å². The number of nitrogens with zero attached hydrogens (tertiary/aromatic N) is 3. The number of benzene rings is 2. The molecule has 0 radical (unpaired) electrons. The van der Waals surface area contributed by atoms with Gasteiger partial charge in [-0.25, -0.2) is 8.42 Å². The monoisotopic (exact) mass is 468 g/mol. The zero-order chi connectivity index (χ0) is 23.2. The Morgan fingerprint density at radius 1 is 1.09 bits per heavy atom. The Kier molecular flexibility index (Phi) is 5.52. The lowest BCUT2D eigenvalue weighted by atomic mass is 10.1. The third kappa shape index (κ3) is 3.94. The quantitative estimate of drug-likeness (QED) is 0.563. The van der Waals surface area contributed by atoms with E-state index in [4.69, 9.17) is 0 Å². The second kappa shape index (κ2) is 8.37. The number of carbonyl (C=O) groups is 1. The molecule has 0 bridgehead atoms. The molecule has 33 heavy (non-hydrogen) atoms. The minimum absolute atomic E-state index is 0.200. The Morgan fingerprint density at radius 2 is 1.82 bits per heavy atom. The first-order valence-corrected chi connectivity index (χ1v) is 12.9. The van der Waals surface area contributed by atoms with Crippen molar-refractivity contribution in [2.45, 2.75) is 50.0 Å². The molecule has 2 N–H and O–H groups in total. The molecule has 8 nitrogen and oxygen atoms in total. The van der Waals surface area contributed by atoms with Crippen molar-refractivity contribution in [3.63, 3.8) is 0 Å². The Labute approximate surface area is 193 Å². The molecule has 5 rings (SSSR count). The van der Waals surface area contributed by atoms with Crippen LogP contribution in [-0.2, 0) is 14.8 Å². The van der Waals surface area contributed by atoms with E-state index in [2.05, 4.69) is 14.7 Å². The molecule has 0 amide bonds. The van der Waals surface area contributed by atoms with Crippen LogP contribution >= 0.6 is 0 Å². The van der Waals surface area contributed by atoms with Gasteiger partial charge in [0.1, 0.15) is 4.90 Å². The van der Waals surface area contributed by atoms with Crippen LogP contribution in [-0.4, -0.2) is 42.4 Å². The van der Waals surface area contributed by atoms with Gasteiger partial charge in [-0.3, -0.25) is 14.2 Å². The summed E-state index contributed by atoms with van der Waals surface area (Å²) in [7, 11) is -3.82. The Morgan fingerprint density at radius 3 is 2.52 bits per heavy atom. The van der Waals surface area contributed by atoms with Gasteiger partial charge in [0.15, 0.2) is 0 Å². The number of carboxylic acid groups (broad SMARTS) is 1. The number of rotatable bonds is 6. The third-order valence-electron chi connectivity index (χ3n) is 6.98. The van der Waals surface area contributed by atoms with E-state index in [0.717, 1.165) is 42.1 Å². The molecule has 1 aromatic heterocycles. The number of nitrogens with one attached hydrogen (secondary N) is 1. The molecule has 1 atom stereocenters. The van der Waals surface area contributed by atoms with E-state index in [1.54, 1.807) is 6.07 Å². The fourth-order valence-electron chi connectivity index (χ4n) is 5.22. The van der Waals surface area contributed by atoms with Crippen molar-refractivity contribution < 1.29 is 18.3 Å². The van der Waals surface area contributed by atoms with Crippen LogP contribution in [0, 0.1) is 12.8 Å². The van der Waals surface area contributed by atoms with Gasteiger partial charge in [0.05, 0.1) is 29.5 Å². The van der Waals surface area contributed by atoms with E-state index in [1.165, 1.54) is 6.20 Å². The van der Waals surface area contributed by atoms with Crippen LogP contribution in [0.15, 0.2) is 47.5 Å². The van der Waals surface area contributed by atoms with Crippen molar-refractivity contribution in [1.29, 1.82) is 0 Å². The van der Waals surface area contributed by atoms with Gasteiger partial charge in [0, 0.05) is 29.5 Å². The minimum Gasteiger partial charge on any atom is -0.481 e. The summed E-state index contributed by atoms with van der Waals surface area (Å²) >= 11 is 0. The largest absolute Gasteiger partial charge is 0.481 e. The van der Waals surface area contributed by atoms with Crippen molar-refractivity contribution in [3.8, 4) is 0 Å². The van der Waals surface area contributed by atoms with Crippen LogP contribution in [0.3, 0.4) is 0 Å². The molecule has 174 valence electrons. The molecular formula is C24H28N4O4S. The molecule has 3 aromatic rings. The Hall–Kier alpha value is -3.07. The second-order valence-electron chi connectivity index (χ2n) is 9.03. The fourth-order valence-corrected chi connectivity index (χ4v) is 6.46. The van der Waals surface area contributed by atoms with Gasteiger partial charge < -0.3 is 10.0 Å². The molecule has 2 fully saturated rings. The van der Waals surface area contributed by atoms with Gasteiger partial charge in [-0.15, -0.1) is 0 Å². The Balaban J connectivity index is 1.47. The third-order valence-corrected chi connectivity index (χ3v) is 8.45. The normalized spacial score (nSPS) is 19.4. The summed E-state index contributed by atoms with van der Waals surface area (Å²) in [6.07, 6.45) is 6.40. The molecule has 0 unspecified atom stereocenters. The van der Waals surface area contributed by atoms with Gasteiger partial charge in [-0.05, 0) is 38.3 Å². The number of hydrogen-bond donors (Lipinski definition) is 2. The highest BCUT2D eigenvalue weighted by molar-refractivity contribution is 7.92. The average molecular weight is 469 g/mol. The molecule has 2 aromatic carbocycles. The standard InChI is InChI=1S/C24H28N4O4S/c1-16-23(14-25-28(16)18-6-2-3-7-18)33(31,32)26-21-10-11-22(20-9-5-4-8-19(20)21)27-13-12-17(15-27)24(29)30/h4-5,8-11,14,17-18,26H,2-3,6-7,12-13,15H2,1H3,(H,29,30)/t17-/m1/s1. The highest BCUT2D eigenvalue weighted by Crippen LogP contribution is 2.36. The van der Waals surface area contributed by atoms with E-state index >= 15 is 0 Å². The highest BCUT2D eigenvalue weighted by atomic mass is 32.2. The smallest absolute Gasteiger partial charge is 0.308 e. The average Bonchev–Trinajstić information content (AvgIpc) is 3.54. The van der Waals surface area contributed by atoms with Crippen LogP contribution in [0.5, 0.6) is 0 Å². The lowest BCUT2D eigenvalue weighted by molar-refractivity contribution is -0.140. The molecule has 1 aliphatic carbocycles. The molecule has 0 spiro atoms. The molecule has 2 aliphatic rings. The van der Waals surface area contributed by atoms with Crippen LogP contribution in [0.2, 0.25) is 0 Å². The van der Waals surface area contributed by atoms with Gasteiger partial charge in [-0.2, -0.15) is 5.10 Å². The van der Waals surface area contributed by atoms with Crippen LogP contribution in [0.4, 0.5) is 11.4 Å². The first-order valence-electron chi connectivity index (χ1n) is 11.4. The summed E-state index contributed by atoms with van der Waals surface area (Å²) in [5.41, 5.74) is 2.07. The molecular weight excluding hydrogens is 440 g/mol. The summed E-state index contributed by atoms with van der Waals surface area (Å²) in [5.74, 6) is -1.17. The first-order chi connectivity index (χ1) is 15.8. The van der Waals surface area contributed by atoms with Gasteiger partial charge >= 0.3 is 5.97 Å². The predicted octanol–water partition coefficient (Wildman–Crippen LogP) is 4.17. The molecule has 9 heteroatoms. The first kappa shape index (κ1) is 21.8. The second-order valence-corrected chi connectivity index (χ2v) is 10.7. The van der Waals surface area contributed by atoms with E-state index in [9.17, 15) is 18.3 Å². The van der Waals surface area contributed by atoms with E-state index in [1.807, 2.05) is 41.9 Å². The van der Waals surface area contributed by atoms with Crippen molar-refractivity contribution in [1.82, 2.24) is 9.78 Å². The van der Waals surface area contributed by atoms with Crippen molar-refractivity contribution in [2.75, 3.05) is 22.7 Å². The van der Waals surface area contributed by atoms with E-state index < -0.39 is 16.0 Å². The maximum absolute atomic E-state index is 13.3. The number of anilines is 2. The number of aliphatic carboxylic acids is 1. The Bertz CT molecular complexity index is 1310. The lowest BCUT2D eigenvalue weighted by Crippen LogP contribution is -2.23. The predicted molar refractivity (Wildman–Crippen MR) is 127 cm³/mol. The van der Waals surface area contributed by atoms with Crippen molar-refractivity contribution >= 4 is 38.1 Å². The van der Waals surface area contributed by atoms with Gasteiger partial charge in [0.25, 0.3) is 10.0 Å². The van der Waals surface area contributed by atoms with E-state index in [0.29, 0.717) is 30.9 Å². The number of carboxylic acids is 1. The number of fused-ring (bicyclic) bond motifs is 1. The topological polar surface area (TPSA) is 105 Å². The van der Waals surface area contributed by atoms with Crippen LogP contribution < -0.4 is 9.62 Å². The molecule has 1 saturated carbocycles. The van der Waals surface area contributed by atoms with E-state index in [-0.39, 0.29) is 16.9 Å². The van der Waals surface area contributed by atoms with Gasteiger partial charge in [-0.1, -0.05) is 37.1 Å². The zero-order valence-corrected chi connectivity index (χ0v) is 19.4. The fraction of sp³-hybridized carbons (Fsp3) is 0.417. The SMILES string of the molecule is Cc1c(S(=O)(=O)Nc2ccc(N3CC[C@@H](C(=O)O)C3)c3ccccc23)cnn1C1CCCC1. The zero-order valence-electron chi connectivity index (χ0n) is 18.6. The summed E-state index contributed by atoms with van der Waals surface area (Å²) in [4.78, 5) is 13.7.